The van der Waals surface area contributed by atoms with E-state index in [0.717, 1.165) is 27.8 Å². The van der Waals surface area contributed by atoms with Crippen molar-refractivity contribution < 1.29 is 8.42 Å². The maximum absolute atomic E-state index is 13.3. The maximum atomic E-state index is 13.3. The van der Waals surface area contributed by atoms with E-state index in [1.54, 1.807) is 35.9 Å². The van der Waals surface area contributed by atoms with Gasteiger partial charge < -0.3 is 9.88 Å². The Morgan fingerprint density at radius 2 is 1.56 bits per heavy atom. The summed E-state index contributed by atoms with van der Waals surface area (Å²) in [4.78, 5) is 13.5. The van der Waals surface area contributed by atoms with Gasteiger partial charge in [-0.2, -0.15) is 0 Å². The second kappa shape index (κ2) is 8.28. The molecular weight excluding hydrogens is 420 g/mol. The second-order valence-corrected chi connectivity index (χ2v) is 10.2. The quantitative estimate of drug-likeness (QED) is 0.464. The Labute approximate surface area is 188 Å². The summed E-state index contributed by atoms with van der Waals surface area (Å²) in [7, 11) is -1.60. The molecule has 0 fully saturated rings. The van der Waals surface area contributed by atoms with Crippen LogP contribution >= 0.6 is 0 Å². The highest BCUT2D eigenvalue weighted by Crippen LogP contribution is 2.32. The molecule has 5 nitrogen and oxygen atoms in total. The van der Waals surface area contributed by atoms with Gasteiger partial charge in [-0.15, -0.1) is 0 Å². The van der Waals surface area contributed by atoms with Crippen molar-refractivity contribution in [2.45, 2.75) is 24.8 Å². The zero-order chi connectivity index (χ0) is 23.0. The Hall–Kier alpha value is -3.38. The second-order valence-electron chi connectivity index (χ2n) is 8.21. The van der Waals surface area contributed by atoms with Crippen LogP contribution in [-0.4, -0.2) is 19.2 Å². The van der Waals surface area contributed by atoms with E-state index in [4.69, 9.17) is 0 Å². The monoisotopic (exact) mass is 446 g/mol. The van der Waals surface area contributed by atoms with Crippen molar-refractivity contribution in [2.24, 2.45) is 7.05 Å². The summed E-state index contributed by atoms with van der Waals surface area (Å²) < 4.78 is 26.2. The molecule has 1 atom stereocenters. The molecule has 0 saturated heterocycles. The first-order valence-electron chi connectivity index (χ1n) is 10.4. The van der Waals surface area contributed by atoms with Gasteiger partial charge in [0.2, 0.25) is 0 Å². The smallest absolute Gasteiger partial charge is 0.258 e. The average Bonchev–Trinajstić information content (AvgIpc) is 2.76. The number of aryl methyl sites for hydroxylation is 1. The van der Waals surface area contributed by atoms with Crippen molar-refractivity contribution in [3.8, 4) is 11.3 Å². The fourth-order valence-corrected chi connectivity index (χ4v) is 5.00. The largest absolute Gasteiger partial charge is 0.377 e. The number of anilines is 1. The molecule has 1 aromatic heterocycles. The number of hydrogen-bond acceptors (Lipinski definition) is 4. The van der Waals surface area contributed by atoms with Crippen LogP contribution in [0.25, 0.3) is 22.0 Å². The first-order chi connectivity index (χ1) is 15.2. The predicted molar refractivity (Wildman–Crippen MR) is 131 cm³/mol. The molecule has 0 aliphatic rings. The molecule has 0 spiro atoms. The highest BCUT2D eigenvalue weighted by atomic mass is 32.2. The van der Waals surface area contributed by atoms with E-state index >= 15 is 0 Å². The molecular formula is C26H26N2O3S. The van der Waals surface area contributed by atoms with Crippen LogP contribution in [0.5, 0.6) is 0 Å². The van der Waals surface area contributed by atoms with Gasteiger partial charge in [0.1, 0.15) is 0 Å². The van der Waals surface area contributed by atoms with Crippen LogP contribution in [-0.2, 0) is 16.9 Å². The molecule has 4 rings (SSSR count). The van der Waals surface area contributed by atoms with E-state index in [1.807, 2.05) is 56.3 Å². The Morgan fingerprint density at radius 3 is 2.25 bits per heavy atom. The van der Waals surface area contributed by atoms with Crippen LogP contribution in [0.15, 0.2) is 82.5 Å². The van der Waals surface area contributed by atoms with Crippen molar-refractivity contribution in [1.29, 1.82) is 0 Å². The van der Waals surface area contributed by atoms with Crippen molar-refractivity contribution >= 4 is 26.3 Å². The molecule has 0 aliphatic carbocycles. The molecule has 6 heteroatoms. The molecule has 0 saturated carbocycles. The van der Waals surface area contributed by atoms with Crippen LogP contribution in [0.2, 0.25) is 0 Å². The molecule has 3 aromatic carbocycles. The number of pyridine rings is 1. The van der Waals surface area contributed by atoms with E-state index in [2.05, 4.69) is 11.4 Å². The lowest BCUT2D eigenvalue weighted by atomic mass is 9.96. The SMILES string of the molecule is Cc1cc(C(C)Nc2ccccc2S(C)(=O)=O)c2cc(-c3ccccc3)n(C)c(=O)c2c1. The minimum absolute atomic E-state index is 0.0601. The van der Waals surface area contributed by atoms with Crippen LogP contribution in [0.1, 0.15) is 24.1 Å². The summed E-state index contributed by atoms with van der Waals surface area (Å²) in [6, 6.07) is 22.5. The molecule has 1 N–H and O–H groups in total. The van der Waals surface area contributed by atoms with Crippen molar-refractivity contribution in [1.82, 2.24) is 4.57 Å². The number of rotatable bonds is 5. The Morgan fingerprint density at radius 1 is 0.906 bits per heavy atom. The van der Waals surface area contributed by atoms with Crippen molar-refractivity contribution in [3.05, 3.63) is 94.3 Å². The highest BCUT2D eigenvalue weighted by molar-refractivity contribution is 7.90. The van der Waals surface area contributed by atoms with E-state index in [0.29, 0.717) is 11.1 Å². The molecule has 1 heterocycles. The summed E-state index contributed by atoms with van der Waals surface area (Å²) in [5.74, 6) is 0. The first-order valence-corrected chi connectivity index (χ1v) is 12.3. The molecule has 164 valence electrons. The van der Waals surface area contributed by atoms with Gasteiger partial charge in [0.25, 0.3) is 5.56 Å². The van der Waals surface area contributed by atoms with E-state index in [9.17, 15) is 13.2 Å². The molecule has 0 amide bonds. The fourth-order valence-electron chi connectivity index (χ4n) is 4.15. The van der Waals surface area contributed by atoms with Gasteiger partial charge in [-0.25, -0.2) is 8.42 Å². The lowest BCUT2D eigenvalue weighted by Crippen LogP contribution is -2.20. The predicted octanol–water partition coefficient (Wildman–Crippen LogP) is 5.09. The van der Waals surface area contributed by atoms with E-state index in [-0.39, 0.29) is 16.5 Å². The molecule has 0 bridgehead atoms. The van der Waals surface area contributed by atoms with Crippen LogP contribution < -0.4 is 10.9 Å². The van der Waals surface area contributed by atoms with Crippen LogP contribution in [0.4, 0.5) is 5.69 Å². The Kier molecular flexibility index (Phi) is 5.65. The summed E-state index contributed by atoms with van der Waals surface area (Å²) in [6.07, 6.45) is 1.20. The number of aromatic nitrogens is 1. The third-order valence-electron chi connectivity index (χ3n) is 5.73. The Bertz CT molecular complexity index is 1470. The van der Waals surface area contributed by atoms with Crippen molar-refractivity contribution in [2.75, 3.05) is 11.6 Å². The van der Waals surface area contributed by atoms with Gasteiger partial charge in [0, 0.05) is 24.7 Å². The number of para-hydroxylation sites is 1. The standard InChI is InChI=1S/C26H26N2O3S/c1-17-14-20(18(2)27-23-12-8-9-13-25(23)32(4,30)31)21-16-24(19-10-6-5-7-11-19)28(3)26(29)22(21)15-17/h5-16,18,27H,1-4H3. The Balaban J connectivity index is 1.90. The number of benzene rings is 3. The summed E-state index contributed by atoms with van der Waals surface area (Å²) >= 11 is 0. The maximum Gasteiger partial charge on any atom is 0.258 e. The third kappa shape index (κ3) is 4.06. The van der Waals surface area contributed by atoms with Crippen LogP contribution in [0.3, 0.4) is 0 Å². The summed E-state index contributed by atoms with van der Waals surface area (Å²) in [5, 5.41) is 4.86. The minimum Gasteiger partial charge on any atom is -0.377 e. The zero-order valence-corrected chi connectivity index (χ0v) is 19.4. The van der Waals surface area contributed by atoms with Gasteiger partial charge in [-0.3, -0.25) is 4.79 Å². The third-order valence-corrected chi connectivity index (χ3v) is 6.88. The number of hydrogen-bond donors (Lipinski definition) is 1. The lowest BCUT2D eigenvalue weighted by Gasteiger charge is -2.21. The highest BCUT2D eigenvalue weighted by Gasteiger charge is 2.18. The molecule has 0 aliphatic heterocycles. The van der Waals surface area contributed by atoms with Crippen LogP contribution in [0, 0.1) is 6.92 Å². The normalized spacial score (nSPS) is 12.6. The van der Waals surface area contributed by atoms with Crippen molar-refractivity contribution in [3.63, 3.8) is 0 Å². The van der Waals surface area contributed by atoms with E-state index in [1.165, 1.54) is 6.26 Å². The average molecular weight is 447 g/mol. The van der Waals surface area contributed by atoms with Gasteiger partial charge >= 0.3 is 0 Å². The first kappa shape index (κ1) is 21.8. The minimum atomic E-state index is -3.38. The van der Waals surface area contributed by atoms with Gasteiger partial charge in [0.15, 0.2) is 9.84 Å². The molecule has 1 unspecified atom stereocenters. The molecule has 32 heavy (non-hydrogen) atoms. The van der Waals surface area contributed by atoms with Gasteiger partial charge in [-0.05, 0) is 60.2 Å². The zero-order valence-electron chi connectivity index (χ0n) is 18.6. The molecule has 0 radical (unpaired) electrons. The topological polar surface area (TPSA) is 68.2 Å². The number of nitrogens with zero attached hydrogens (tertiary/aromatic N) is 1. The summed E-state index contributed by atoms with van der Waals surface area (Å²) in [5.41, 5.74) is 4.19. The number of nitrogens with one attached hydrogen (secondary N) is 1. The van der Waals surface area contributed by atoms with E-state index < -0.39 is 9.84 Å². The van der Waals surface area contributed by atoms with Gasteiger partial charge in [-0.1, -0.05) is 48.5 Å². The number of fused-ring (bicyclic) bond motifs is 1. The summed E-state index contributed by atoms with van der Waals surface area (Å²) in [6.45, 7) is 3.94. The lowest BCUT2D eigenvalue weighted by molar-refractivity contribution is 0.602. The fraction of sp³-hybridized carbons (Fsp3) is 0.192. The molecule has 4 aromatic rings. The van der Waals surface area contributed by atoms with Gasteiger partial charge in [0.05, 0.1) is 16.3 Å². The number of sulfone groups is 1.